The van der Waals surface area contributed by atoms with Gasteiger partial charge < -0.3 is 14.9 Å². The Balaban J connectivity index is 0.000000294. The molecule has 72 heavy (non-hydrogen) atoms. The van der Waals surface area contributed by atoms with Crippen LogP contribution in [-0.2, 0) is 57.8 Å². The molecule has 0 atom stereocenters. The van der Waals surface area contributed by atoms with E-state index in [0.29, 0.717) is 0 Å². The van der Waals surface area contributed by atoms with Crippen LogP contribution < -0.4 is 0 Å². The Kier molecular flexibility index (Phi) is 21.5. The SMILES string of the molecule is CCCCCc1cc2c(-c3ccc(C(C)(C)C)cc3)ccc(-c3ccc(C(C)(C)C)cc3)c2[cH-]1.CCCCCc1cc2c(-c3ccc(C(C)(C)C)cc3)ccc(-c3ccc(C(C)(C)C)cc3)c2[cH-]1.[CH3-].[CH3-].[Si]=[Zr]. The summed E-state index contributed by atoms with van der Waals surface area (Å²) in [5, 5.41) is 5.53. The zero-order valence-corrected chi connectivity index (χ0v) is 51.0. The van der Waals surface area contributed by atoms with Gasteiger partial charge in [0.25, 0.3) is 0 Å². The van der Waals surface area contributed by atoms with Crippen LogP contribution >= 0.6 is 0 Å². The van der Waals surface area contributed by atoms with Gasteiger partial charge in [0.1, 0.15) is 0 Å². The Morgan fingerprint density at radius 1 is 0.347 bits per heavy atom. The van der Waals surface area contributed by atoms with Crippen LogP contribution in [-0.4, -0.2) is 6.88 Å². The van der Waals surface area contributed by atoms with Crippen molar-refractivity contribution in [1.82, 2.24) is 0 Å². The quantitative estimate of drug-likeness (QED) is 0.0650. The first-order valence-corrected chi connectivity index (χ1v) is 30.5. The van der Waals surface area contributed by atoms with Crippen LogP contribution in [0.5, 0.6) is 0 Å². The second-order valence-electron chi connectivity index (χ2n) is 23.9. The standard InChI is InChI=1S/2C34H41.2CH3.Si.Zr/c2*1-8-9-10-11-24-22-31-29(25-12-16-27(17-13-25)33(2,3)4)20-21-30(32(31)23-24)26-14-18-28(19-15-26)34(5,6)7;;;;/h2*12-23H,8-11H2,1-7H3;2*1H3;;/q4*-1;;. The van der Waals surface area contributed by atoms with Crippen molar-refractivity contribution in [3.8, 4) is 44.5 Å². The van der Waals surface area contributed by atoms with Gasteiger partial charge >= 0.3 is 30.2 Å². The molecule has 0 aromatic heterocycles. The first-order valence-electron chi connectivity index (χ1n) is 26.3. The first kappa shape index (κ1) is 60.2. The molecule has 8 rings (SSSR count). The molecule has 0 saturated carbocycles. The minimum absolute atomic E-state index is 0. The fourth-order valence-electron chi connectivity index (χ4n) is 9.77. The average Bonchev–Trinajstić information content (AvgIpc) is 3.96. The maximum atomic E-state index is 3.06. The molecule has 2 heteroatoms. The number of hydrogen-bond acceptors (Lipinski definition) is 0. The molecule has 380 valence electrons. The summed E-state index contributed by atoms with van der Waals surface area (Å²) in [4.78, 5) is 0. The van der Waals surface area contributed by atoms with Gasteiger partial charge in [0.15, 0.2) is 0 Å². The zero-order valence-electron chi connectivity index (χ0n) is 47.5. The summed E-state index contributed by atoms with van der Waals surface area (Å²) in [6, 6.07) is 55.9. The fraction of sp³-hybridized carbons (Fsp3) is 0.371. The van der Waals surface area contributed by atoms with Crippen molar-refractivity contribution >= 4 is 28.4 Å². The molecular formula is C70H88SiZr-4. The van der Waals surface area contributed by atoms with E-state index in [4.69, 9.17) is 0 Å². The van der Waals surface area contributed by atoms with Crippen LogP contribution in [0, 0.1) is 14.9 Å². The monoisotopic (exact) mass is 1050 g/mol. The van der Waals surface area contributed by atoms with Crippen LogP contribution in [0.3, 0.4) is 0 Å². The van der Waals surface area contributed by atoms with Crippen LogP contribution in [0.1, 0.15) is 169 Å². The van der Waals surface area contributed by atoms with E-state index in [1.165, 1.54) is 161 Å². The second kappa shape index (κ2) is 25.7. The van der Waals surface area contributed by atoms with E-state index in [1.807, 2.05) is 0 Å². The molecule has 0 unspecified atom stereocenters. The van der Waals surface area contributed by atoms with Crippen molar-refractivity contribution < 1.29 is 23.3 Å². The summed E-state index contributed by atoms with van der Waals surface area (Å²) >= 11 is 1.36. The number of aryl methyl sites for hydroxylation is 2. The molecule has 2 radical (unpaired) electrons. The molecule has 0 fully saturated rings. The van der Waals surface area contributed by atoms with Gasteiger partial charge in [-0.3, -0.25) is 0 Å². The molecule has 0 spiro atoms. The average molecular weight is 1050 g/mol. The molecule has 0 bridgehead atoms. The summed E-state index contributed by atoms with van der Waals surface area (Å²) in [7, 11) is 0. The van der Waals surface area contributed by atoms with Crippen LogP contribution in [0.2, 0.25) is 0 Å². The van der Waals surface area contributed by atoms with Crippen molar-refractivity contribution in [2.45, 2.75) is 170 Å². The predicted octanol–water partition coefficient (Wildman–Crippen LogP) is 21.0. The Bertz CT molecular complexity index is 2510. The topological polar surface area (TPSA) is 0 Å². The normalized spacial score (nSPS) is 11.8. The first-order chi connectivity index (χ1) is 33.1. The molecular weight excluding hydrogens is 960 g/mol. The van der Waals surface area contributed by atoms with E-state index >= 15 is 0 Å². The number of unbranched alkanes of at least 4 members (excludes halogenated alkanes) is 4. The Hall–Kier alpha value is -4.36. The molecule has 0 aliphatic rings. The van der Waals surface area contributed by atoms with Crippen molar-refractivity contribution in [2.24, 2.45) is 0 Å². The van der Waals surface area contributed by atoms with Crippen LogP contribution in [0.25, 0.3) is 66.1 Å². The molecule has 0 aliphatic carbocycles. The van der Waals surface area contributed by atoms with Crippen molar-refractivity contribution in [3.05, 3.63) is 194 Å². The summed E-state index contributed by atoms with van der Waals surface area (Å²) in [5.74, 6) is 0. The van der Waals surface area contributed by atoms with Crippen LogP contribution in [0.15, 0.2) is 146 Å². The van der Waals surface area contributed by atoms with Crippen LogP contribution in [0.4, 0.5) is 0 Å². The van der Waals surface area contributed by atoms with Crippen molar-refractivity contribution in [2.75, 3.05) is 0 Å². The van der Waals surface area contributed by atoms with Gasteiger partial charge in [0, 0.05) is 0 Å². The van der Waals surface area contributed by atoms with Crippen molar-refractivity contribution in [3.63, 3.8) is 0 Å². The molecule has 0 nitrogen and oxygen atoms in total. The molecule has 0 amide bonds. The summed E-state index contributed by atoms with van der Waals surface area (Å²) in [6.45, 7) is 34.9. The molecule has 0 aliphatic heterocycles. The molecule has 0 N–H and O–H groups in total. The number of hydrogen-bond donors (Lipinski definition) is 0. The number of rotatable bonds is 12. The summed E-state index contributed by atoms with van der Waals surface area (Å²) < 4.78 is 0. The van der Waals surface area contributed by atoms with Gasteiger partial charge in [0.2, 0.25) is 0 Å². The Labute approximate surface area is 456 Å². The summed E-state index contributed by atoms with van der Waals surface area (Å²) in [5.41, 5.74) is 19.7. The third kappa shape index (κ3) is 14.9. The summed E-state index contributed by atoms with van der Waals surface area (Å²) in [6.07, 6.45) is 9.96. The van der Waals surface area contributed by atoms with Gasteiger partial charge in [0.05, 0.1) is 0 Å². The Morgan fingerprint density at radius 3 is 0.819 bits per heavy atom. The van der Waals surface area contributed by atoms with E-state index in [9.17, 15) is 0 Å². The van der Waals surface area contributed by atoms with E-state index in [-0.39, 0.29) is 36.5 Å². The fourth-order valence-corrected chi connectivity index (χ4v) is 9.77. The predicted molar refractivity (Wildman–Crippen MR) is 321 cm³/mol. The van der Waals surface area contributed by atoms with Gasteiger partial charge in [-0.1, -0.05) is 290 Å². The van der Waals surface area contributed by atoms with E-state index in [1.54, 1.807) is 0 Å². The minimum atomic E-state index is 0. The third-order valence-corrected chi connectivity index (χ3v) is 14.3. The number of fused-ring (bicyclic) bond motifs is 2. The van der Waals surface area contributed by atoms with E-state index in [0.717, 1.165) is 12.8 Å². The zero-order chi connectivity index (χ0) is 51.0. The van der Waals surface area contributed by atoms with E-state index < -0.39 is 0 Å². The van der Waals surface area contributed by atoms with Gasteiger partial charge in [-0.05, 0) is 67.9 Å². The molecule has 0 saturated heterocycles. The van der Waals surface area contributed by atoms with Gasteiger partial charge in [-0.25, -0.2) is 0 Å². The molecule has 8 aromatic rings. The maximum absolute atomic E-state index is 3.06. The third-order valence-electron chi connectivity index (χ3n) is 14.3. The van der Waals surface area contributed by atoms with Crippen molar-refractivity contribution in [1.29, 1.82) is 0 Å². The van der Waals surface area contributed by atoms with Gasteiger partial charge in [-0.15, -0.1) is 44.8 Å². The van der Waals surface area contributed by atoms with Gasteiger partial charge in [-0.2, -0.15) is 12.1 Å². The molecule has 0 heterocycles. The Morgan fingerprint density at radius 2 is 0.583 bits per heavy atom. The molecule has 8 aromatic carbocycles. The second-order valence-corrected chi connectivity index (χ2v) is 23.9. The number of benzene rings is 6. The van der Waals surface area contributed by atoms with E-state index in [2.05, 4.69) is 249 Å².